The van der Waals surface area contributed by atoms with Gasteiger partial charge in [-0.25, -0.2) is 4.79 Å². The average molecular weight is 821 g/mol. The monoisotopic (exact) mass is 820 g/mol. The van der Waals surface area contributed by atoms with Crippen molar-refractivity contribution in [3.8, 4) is 61.8 Å². The molecule has 8 nitrogen and oxygen atoms in total. The lowest BCUT2D eigenvalue weighted by Gasteiger charge is -2.26. The van der Waals surface area contributed by atoms with Crippen LogP contribution in [0.4, 0.5) is 17.1 Å². The van der Waals surface area contributed by atoms with Gasteiger partial charge in [0.1, 0.15) is 34.6 Å². The van der Waals surface area contributed by atoms with Gasteiger partial charge in [0.25, 0.3) is 0 Å². The first-order chi connectivity index (χ1) is 29.3. The molecule has 1 heterocycles. The minimum atomic E-state index is -1.24. The smallest absolute Gasteiger partial charge is 0.346 e. The molecule has 6 aromatic rings. The number of unbranched alkanes of at least 4 members (excludes halogenated alkanes) is 3. The summed E-state index contributed by atoms with van der Waals surface area (Å²) in [5, 5.41) is 18.6. The lowest BCUT2D eigenvalue weighted by molar-refractivity contribution is -0.132. The van der Waals surface area contributed by atoms with Crippen LogP contribution in [0.15, 0.2) is 127 Å². The van der Waals surface area contributed by atoms with Gasteiger partial charge in [0.15, 0.2) is 0 Å². The van der Waals surface area contributed by atoms with Crippen molar-refractivity contribution in [3.05, 3.63) is 132 Å². The van der Waals surface area contributed by atoms with Crippen LogP contribution in [0, 0.1) is 11.3 Å². The van der Waals surface area contributed by atoms with Crippen LogP contribution in [0.5, 0.6) is 23.0 Å². The van der Waals surface area contributed by atoms with Gasteiger partial charge in [-0.2, -0.15) is 5.26 Å². The topological polar surface area (TPSA) is 101 Å². The lowest BCUT2D eigenvalue weighted by atomic mass is 10.0. The molecule has 0 saturated heterocycles. The van der Waals surface area contributed by atoms with Gasteiger partial charge >= 0.3 is 5.97 Å². The van der Waals surface area contributed by atoms with Gasteiger partial charge in [-0.15, -0.1) is 11.3 Å². The summed E-state index contributed by atoms with van der Waals surface area (Å²) in [6, 6.07) is 42.9. The number of nitrogens with zero attached hydrogens (tertiary/aromatic N) is 2. The highest BCUT2D eigenvalue weighted by Gasteiger charge is 2.17. The van der Waals surface area contributed by atoms with E-state index in [0.29, 0.717) is 24.7 Å². The molecular weight excluding hydrogens is 769 g/mol. The molecule has 0 amide bonds. The van der Waals surface area contributed by atoms with E-state index in [1.807, 2.05) is 42.5 Å². The Morgan fingerprint density at radius 2 is 1.10 bits per heavy atom. The molecule has 1 aromatic heterocycles. The van der Waals surface area contributed by atoms with Gasteiger partial charge in [0, 0.05) is 50.1 Å². The van der Waals surface area contributed by atoms with E-state index in [0.717, 1.165) is 111 Å². The van der Waals surface area contributed by atoms with Crippen LogP contribution >= 0.6 is 11.3 Å². The molecule has 0 aliphatic heterocycles. The number of rotatable bonds is 21. The first-order valence-corrected chi connectivity index (χ1v) is 21.4. The van der Waals surface area contributed by atoms with Gasteiger partial charge in [-0.3, -0.25) is 0 Å². The van der Waals surface area contributed by atoms with E-state index >= 15 is 0 Å². The van der Waals surface area contributed by atoms with Crippen molar-refractivity contribution in [1.29, 1.82) is 5.26 Å². The van der Waals surface area contributed by atoms with Crippen molar-refractivity contribution in [1.82, 2.24) is 0 Å². The number of hydrogen-bond donors (Lipinski definition) is 1. The Hall–Kier alpha value is -6.50. The number of ether oxygens (including phenoxy) is 4. The number of hydrogen-bond acceptors (Lipinski definition) is 8. The van der Waals surface area contributed by atoms with E-state index in [2.05, 4.69) is 105 Å². The summed E-state index contributed by atoms with van der Waals surface area (Å²) in [6.07, 6.45) is 7.49. The molecule has 0 spiro atoms. The molecule has 0 atom stereocenters. The number of benzene rings is 5. The summed E-state index contributed by atoms with van der Waals surface area (Å²) in [4.78, 5) is 15.3. The molecular formula is C51H52N2O6S. The quantitative estimate of drug-likeness (QED) is 0.0435. The minimum absolute atomic E-state index is 0.299. The number of aliphatic carboxylic acids is 1. The van der Waals surface area contributed by atoms with Crippen LogP contribution in [0.2, 0.25) is 0 Å². The van der Waals surface area contributed by atoms with Gasteiger partial charge in [0.05, 0.1) is 26.9 Å². The highest BCUT2D eigenvalue weighted by atomic mass is 32.1. The highest BCUT2D eigenvalue weighted by molar-refractivity contribution is 7.16. The number of thiophene rings is 1. The zero-order valence-corrected chi connectivity index (χ0v) is 35.6. The van der Waals surface area contributed by atoms with E-state index in [9.17, 15) is 15.2 Å². The molecule has 0 fully saturated rings. The maximum atomic E-state index is 11.4. The van der Waals surface area contributed by atoms with Crippen LogP contribution in [-0.4, -0.2) is 38.0 Å². The molecule has 0 bridgehead atoms. The van der Waals surface area contributed by atoms with Gasteiger partial charge in [-0.1, -0.05) is 76.4 Å². The molecule has 9 heteroatoms. The van der Waals surface area contributed by atoms with Gasteiger partial charge < -0.3 is 29.0 Å². The van der Waals surface area contributed by atoms with E-state index in [1.165, 1.54) is 17.4 Å². The predicted octanol–water partition coefficient (Wildman–Crippen LogP) is 13.8. The number of anilines is 3. The molecule has 0 radical (unpaired) electrons. The summed E-state index contributed by atoms with van der Waals surface area (Å²) in [5.41, 5.74) is 7.65. The fraction of sp³-hybridized carbons (Fsp3) is 0.255. The molecule has 6 rings (SSSR count). The largest absolute Gasteiger partial charge is 0.497 e. The fourth-order valence-electron chi connectivity index (χ4n) is 6.60. The first-order valence-electron chi connectivity index (χ1n) is 20.6. The van der Waals surface area contributed by atoms with E-state index in [-0.39, 0.29) is 5.57 Å². The summed E-state index contributed by atoms with van der Waals surface area (Å²) < 4.78 is 24.1. The third kappa shape index (κ3) is 11.0. The Labute approximate surface area is 357 Å². The Kier molecular flexibility index (Phi) is 15.4. The Balaban J connectivity index is 1.36. The molecule has 60 heavy (non-hydrogen) atoms. The maximum Gasteiger partial charge on any atom is 0.346 e. The lowest BCUT2D eigenvalue weighted by Crippen LogP contribution is -2.10. The van der Waals surface area contributed by atoms with Crippen LogP contribution in [-0.2, 0) is 4.79 Å². The van der Waals surface area contributed by atoms with Crippen molar-refractivity contribution in [2.45, 2.75) is 59.3 Å². The maximum absolute atomic E-state index is 11.4. The molecule has 0 unspecified atom stereocenters. The summed E-state index contributed by atoms with van der Waals surface area (Å²) in [7, 11) is 1.66. The standard InChI is InChI=1S/C51H52N2O6S/c1-5-8-29-57-44-24-27-47(49(34-44)59-31-10-7-3)37-13-19-41(20-14-37)53(42-21-15-38(16-22-42)50-28-25-45(60-50)32-39(35-52)51(54)55)40-17-11-36(12-18-40)46-26-23-43(56-4)33-48(46)58-30-9-6-2/h11-28,32-34H,5-10,29-31H2,1-4H3,(H,54,55)/b39-32+. The second-order valence-electron chi connectivity index (χ2n) is 14.3. The summed E-state index contributed by atoms with van der Waals surface area (Å²) in [5.74, 6) is 1.91. The van der Waals surface area contributed by atoms with Crippen molar-refractivity contribution in [2.24, 2.45) is 0 Å². The van der Waals surface area contributed by atoms with Crippen LogP contribution in [0.3, 0.4) is 0 Å². The molecule has 0 aliphatic rings. The first kappa shape index (κ1) is 43.1. The molecule has 1 N–H and O–H groups in total. The third-order valence-corrected chi connectivity index (χ3v) is 11.0. The van der Waals surface area contributed by atoms with E-state index in [1.54, 1.807) is 13.2 Å². The SMILES string of the molecule is CCCCOc1ccc(-c2ccc(N(c3ccc(-c4ccc(/C=C(\C#N)C(=O)O)s4)cc3)c3ccc(-c4ccc(OC)cc4OCCCC)cc3)cc2)c(OCCCC)c1. The number of carbonyl (C=O) groups is 1. The van der Waals surface area contributed by atoms with Crippen molar-refractivity contribution >= 4 is 40.4 Å². The van der Waals surface area contributed by atoms with Crippen molar-refractivity contribution < 1.29 is 28.8 Å². The van der Waals surface area contributed by atoms with Crippen LogP contribution in [0.25, 0.3) is 38.8 Å². The Morgan fingerprint density at radius 3 is 1.57 bits per heavy atom. The molecule has 5 aromatic carbocycles. The molecule has 0 saturated carbocycles. The number of carboxylic acids is 1. The number of methoxy groups -OCH3 is 1. The van der Waals surface area contributed by atoms with E-state index in [4.69, 9.17) is 18.9 Å². The molecule has 308 valence electrons. The predicted molar refractivity (Wildman–Crippen MR) is 244 cm³/mol. The zero-order valence-electron chi connectivity index (χ0n) is 34.8. The second-order valence-corrected chi connectivity index (χ2v) is 15.4. The number of carboxylic acid groups (broad SMARTS) is 1. The van der Waals surface area contributed by atoms with Crippen LogP contribution < -0.4 is 23.8 Å². The normalized spacial score (nSPS) is 11.2. The minimum Gasteiger partial charge on any atom is -0.497 e. The highest BCUT2D eigenvalue weighted by Crippen LogP contribution is 2.41. The second kappa shape index (κ2) is 21.5. The zero-order chi connectivity index (χ0) is 42.3. The fourth-order valence-corrected chi connectivity index (χ4v) is 7.55. The van der Waals surface area contributed by atoms with Gasteiger partial charge in [0.2, 0.25) is 0 Å². The summed E-state index contributed by atoms with van der Waals surface area (Å²) >= 11 is 1.43. The summed E-state index contributed by atoms with van der Waals surface area (Å²) in [6.45, 7) is 8.40. The van der Waals surface area contributed by atoms with Crippen LogP contribution in [0.1, 0.15) is 64.2 Å². The Bertz CT molecular complexity index is 2400. The van der Waals surface area contributed by atoms with E-state index < -0.39 is 5.97 Å². The Morgan fingerprint density at radius 1 is 0.633 bits per heavy atom. The number of nitriles is 1. The van der Waals surface area contributed by atoms with Crippen molar-refractivity contribution in [2.75, 3.05) is 31.8 Å². The van der Waals surface area contributed by atoms with Crippen molar-refractivity contribution in [3.63, 3.8) is 0 Å². The third-order valence-electron chi connectivity index (χ3n) is 9.97. The average Bonchev–Trinajstić information content (AvgIpc) is 3.75. The van der Waals surface area contributed by atoms with Gasteiger partial charge in [-0.05, 0) is 115 Å². The molecule has 0 aliphatic carbocycles.